The highest BCUT2D eigenvalue weighted by atomic mass is 35.5. The lowest BCUT2D eigenvalue weighted by molar-refractivity contribution is 0.163. The van der Waals surface area contributed by atoms with Gasteiger partial charge in [0.25, 0.3) is 0 Å². The number of halogens is 2. The van der Waals surface area contributed by atoms with Gasteiger partial charge in [-0.05, 0) is 31.4 Å². The first-order valence-electron chi connectivity index (χ1n) is 7.28. The van der Waals surface area contributed by atoms with Gasteiger partial charge in [0.15, 0.2) is 0 Å². The fraction of sp³-hybridized carbons (Fsp3) is 0.500. The summed E-state index contributed by atoms with van der Waals surface area (Å²) >= 11 is 0. The van der Waals surface area contributed by atoms with Crippen molar-refractivity contribution in [2.24, 2.45) is 0 Å². The van der Waals surface area contributed by atoms with Crippen molar-refractivity contribution in [3.8, 4) is 5.75 Å². The van der Waals surface area contributed by atoms with E-state index in [0.717, 1.165) is 50.1 Å². The van der Waals surface area contributed by atoms with E-state index in [9.17, 15) is 5.11 Å². The standard InChI is InChI=1S/C16H25N3O.2ClH/c1-3-4-5-14(19-10-8-18-9-11-19)15-12(2)6-7-13(17)16(15)20;;/h3,6-7,14,18,20H,1,4-5,8-11,17H2,2H3;2*1H/t14-;;/m0../s1. The summed E-state index contributed by atoms with van der Waals surface area (Å²) in [6.45, 7) is 9.83. The fourth-order valence-corrected chi connectivity index (χ4v) is 2.93. The number of piperazine rings is 1. The lowest BCUT2D eigenvalue weighted by Gasteiger charge is -2.36. The number of aryl methyl sites for hydroxylation is 1. The molecule has 1 atom stereocenters. The van der Waals surface area contributed by atoms with Crippen molar-refractivity contribution in [3.05, 3.63) is 35.9 Å². The average Bonchev–Trinajstić information content (AvgIpc) is 2.47. The van der Waals surface area contributed by atoms with Crippen LogP contribution in [0.4, 0.5) is 5.69 Å². The first-order valence-corrected chi connectivity index (χ1v) is 7.28. The Kier molecular flexibility index (Phi) is 9.53. The van der Waals surface area contributed by atoms with E-state index in [4.69, 9.17) is 5.73 Å². The minimum Gasteiger partial charge on any atom is -0.505 e. The van der Waals surface area contributed by atoms with Crippen LogP contribution in [-0.4, -0.2) is 36.2 Å². The Bertz CT molecular complexity index is 477. The van der Waals surface area contributed by atoms with Gasteiger partial charge in [-0.2, -0.15) is 0 Å². The number of nitrogens with one attached hydrogen (secondary N) is 1. The topological polar surface area (TPSA) is 61.5 Å². The minimum atomic E-state index is 0. The molecular weight excluding hydrogens is 321 g/mol. The number of phenolic OH excluding ortho intramolecular Hbond substituents is 1. The molecule has 1 saturated heterocycles. The summed E-state index contributed by atoms with van der Waals surface area (Å²) in [5, 5.41) is 13.8. The van der Waals surface area contributed by atoms with E-state index in [0.29, 0.717) is 5.69 Å². The highest BCUT2D eigenvalue weighted by Crippen LogP contribution is 2.38. The Morgan fingerprint density at radius 1 is 1.36 bits per heavy atom. The number of allylic oxidation sites excluding steroid dienone is 1. The van der Waals surface area contributed by atoms with Crippen LogP contribution in [0.3, 0.4) is 0 Å². The number of nitrogen functional groups attached to an aromatic ring is 1. The molecule has 126 valence electrons. The number of hydrogen-bond donors (Lipinski definition) is 3. The second-order valence-electron chi connectivity index (χ2n) is 5.40. The van der Waals surface area contributed by atoms with Crippen LogP contribution in [0.15, 0.2) is 24.8 Å². The number of phenols is 1. The van der Waals surface area contributed by atoms with Crippen LogP contribution in [0.1, 0.15) is 30.0 Å². The molecule has 4 nitrogen and oxygen atoms in total. The molecule has 22 heavy (non-hydrogen) atoms. The van der Waals surface area contributed by atoms with Gasteiger partial charge in [0, 0.05) is 37.8 Å². The molecule has 1 aromatic rings. The van der Waals surface area contributed by atoms with Crippen molar-refractivity contribution in [2.75, 3.05) is 31.9 Å². The van der Waals surface area contributed by atoms with E-state index in [1.54, 1.807) is 6.07 Å². The largest absolute Gasteiger partial charge is 0.505 e. The van der Waals surface area contributed by atoms with Gasteiger partial charge in [-0.1, -0.05) is 12.1 Å². The molecule has 6 heteroatoms. The summed E-state index contributed by atoms with van der Waals surface area (Å²) in [5.41, 5.74) is 8.43. The molecule has 1 heterocycles. The zero-order valence-electron chi connectivity index (χ0n) is 13.0. The van der Waals surface area contributed by atoms with E-state index >= 15 is 0 Å². The molecule has 0 aliphatic carbocycles. The van der Waals surface area contributed by atoms with Crippen molar-refractivity contribution in [2.45, 2.75) is 25.8 Å². The maximum Gasteiger partial charge on any atom is 0.143 e. The first kappa shape index (κ1) is 21.1. The molecule has 0 unspecified atom stereocenters. The summed E-state index contributed by atoms with van der Waals surface area (Å²) in [6.07, 6.45) is 3.83. The number of aromatic hydroxyl groups is 1. The molecule has 1 aliphatic rings. The Balaban J connectivity index is 0.00000220. The van der Waals surface area contributed by atoms with Crippen molar-refractivity contribution in [1.82, 2.24) is 10.2 Å². The molecule has 0 spiro atoms. The van der Waals surface area contributed by atoms with Crippen molar-refractivity contribution in [1.29, 1.82) is 0 Å². The monoisotopic (exact) mass is 347 g/mol. The fourth-order valence-electron chi connectivity index (χ4n) is 2.93. The smallest absolute Gasteiger partial charge is 0.143 e. The quantitative estimate of drug-likeness (QED) is 0.435. The first-order chi connectivity index (χ1) is 9.65. The molecule has 4 N–H and O–H groups in total. The SMILES string of the molecule is C=CCC[C@@H](c1c(C)ccc(N)c1O)N1CCNCC1.Cl.Cl. The van der Waals surface area contributed by atoms with Gasteiger partial charge in [0.2, 0.25) is 0 Å². The lowest BCUT2D eigenvalue weighted by Crippen LogP contribution is -2.45. The molecule has 0 saturated carbocycles. The molecular formula is C16H27Cl2N3O. The van der Waals surface area contributed by atoms with Gasteiger partial charge < -0.3 is 16.2 Å². The third kappa shape index (κ3) is 4.78. The molecule has 1 fully saturated rings. The Morgan fingerprint density at radius 2 is 2.00 bits per heavy atom. The molecule has 1 aromatic carbocycles. The normalized spacial score (nSPS) is 16.2. The molecule has 0 aromatic heterocycles. The minimum absolute atomic E-state index is 0. The van der Waals surface area contributed by atoms with E-state index < -0.39 is 0 Å². The number of anilines is 1. The number of hydrogen-bond acceptors (Lipinski definition) is 4. The molecule has 0 amide bonds. The maximum atomic E-state index is 10.4. The van der Waals surface area contributed by atoms with Gasteiger partial charge in [0.05, 0.1) is 5.69 Å². The van der Waals surface area contributed by atoms with Crippen LogP contribution < -0.4 is 11.1 Å². The van der Waals surface area contributed by atoms with Gasteiger partial charge in [0.1, 0.15) is 5.75 Å². The van der Waals surface area contributed by atoms with Gasteiger partial charge in [-0.15, -0.1) is 31.4 Å². The van der Waals surface area contributed by atoms with Crippen LogP contribution in [0.5, 0.6) is 5.75 Å². The van der Waals surface area contributed by atoms with Crippen LogP contribution in [-0.2, 0) is 0 Å². The number of rotatable bonds is 5. The zero-order chi connectivity index (χ0) is 14.5. The predicted octanol–water partition coefficient (Wildman–Crippen LogP) is 3.04. The number of nitrogens with zero attached hydrogens (tertiary/aromatic N) is 1. The number of benzene rings is 1. The zero-order valence-corrected chi connectivity index (χ0v) is 14.7. The second-order valence-corrected chi connectivity index (χ2v) is 5.40. The molecule has 1 aliphatic heterocycles. The number of nitrogens with two attached hydrogens (primary N) is 1. The molecule has 2 rings (SSSR count). The summed E-state index contributed by atoms with van der Waals surface area (Å²) in [4.78, 5) is 2.43. The maximum absolute atomic E-state index is 10.4. The van der Waals surface area contributed by atoms with Crippen molar-refractivity contribution >= 4 is 30.5 Å². The van der Waals surface area contributed by atoms with Gasteiger partial charge >= 0.3 is 0 Å². The van der Waals surface area contributed by atoms with Gasteiger partial charge in [-0.25, -0.2) is 0 Å². The predicted molar refractivity (Wildman–Crippen MR) is 98.4 cm³/mol. The summed E-state index contributed by atoms with van der Waals surface area (Å²) in [6, 6.07) is 3.97. The average molecular weight is 348 g/mol. The van der Waals surface area contributed by atoms with E-state index in [-0.39, 0.29) is 36.6 Å². The molecule has 0 radical (unpaired) electrons. The van der Waals surface area contributed by atoms with Crippen LogP contribution in [0.2, 0.25) is 0 Å². The van der Waals surface area contributed by atoms with Crippen LogP contribution in [0.25, 0.3) is 0 Å². The second kappa shape index (κ2) is 9.95. The van der Waals surface area contributed by atoms with E-state index in [2.05, 4.69) is 16.8 Å². The summed E-state index contributed by atoms with van der Waals surface area (Å²) in [5.74, 6) is 0.248. The van der Waals surface area contributed by atoms with E-state index in [1.807, 2.05) is 19.1 Å². The Morgan fingerprint density at radius 3 is 2.59 bits per heavy atom. The summed E-state index contributed by atoms with van der Waals surface area (Å²) in [7, 11) is 0. The van der Waals surface area contributed by atoms with Crippen molar-refractivity contribution in [3.63, 3.8) is 0 Å². The van der Waals surface area contributed by atoms with Crippen molar-refractivity contribution < 1.29 is 5.11 Å². The van der Waals surface area contributed by atoms with Crippen LogP contribution in [0, 0.1) is 6.92 Å². The third-order valence-electron chi connectivity index (χ3n) is 4.04. The molecule has 0 bridgehead atoms. The summed E-state index contributed by atoms with van der Waals surface area (Å²) < 4.78 is 0. The highest BCUT2D eigenvalue weighted by Gasteiger charge is 2.26. The van der Waals surface area contributed by atoms with Gasteiger partial charge in [-0.3, -0.25) is 4.90 Å². The highest BCUT2D eigenvalue weighted by molar-refractivity contribution is 5.85. The van der Waals surface area contributed by atoms with Crippen LogP contribution >= 0.6 is 24.8 Å². The Labute approximate surface area is 145 Å². The third-order valence-corrected chi connectivity index (χ3v) is 4.04. The lowest BCUT2D eigenvalue weighted by atomic mass is 9.93. The van der Waals surface area contributed by atoms with E-state index in [1.165, 1.54) is 0 Å². The Hall–Kier alpha value is -0.940.